The van der Waals surface area contributed by atoms with Gasteiger partial charge in [0.2, 0.25) is 0 Å². The molecule has 0 aromatic carbocycles. The Kier molecular flexibility index (Phi) is 5.57. The minimum Gasteiger partial charge on any atom is -0.368 e. The fourth-order valence-electron chi connectivity index (χ4n) is 2.41. The molecule has 9 nitrogen and oxygen atoms in total. The summed E-state index contributed by atoms with van der Waals surface area (Å²) in [5, 5.41) is 13.5. The van der Waals surface area contributed by atoms with Crippen LogP contribution in [0.25, 0.3) is 5.78 Å². The molecule has 3 aromatic heterocycles. The number of hydrogen-bond donors (Lipinski definition) is 3. The minimum absolute atomic E-state index is 0.0996. The number of aromatic nitrogens is 5. The molecule has 3 aromatic rings. The maximum Gasteiger partial charge on any atom is 0.254 e. The zero-order chi connectivity index (χ0) is 18.4. The number of rotatable bonds is 8. The van der Waals surface area contributed by atoms with E-state index in [1.54, 1.807) is 22.8 Å². The zero-order valence-corrected chi connectivity index (χ0v) is 14.9. The van der Waals surface area contributed by atoms with Crippen molar-refractivity contribution >= 4 is 23.3 Å². The Hall–Kier alpha value is -3.23. The third-order valence-corrected chi connectivity index (χ3v) is 3.68. The van der Waals surface area contributed by atoms with E-state index in [2.05, 4.69) is 36.0 Å². The van der Waals surface area contributed by atoms with Gasteiger partial charge in [-0.2, -0.15) is 14.6 Å². The van der Waals surface area contributed by atoms with E-state index in [0.29, 0.717) is 31.0 Å². The summed E-state index contributed by atoms with van der Waals surface area (Å²) in [7, 11) is 0. The van der Waals surface area contributed by atoms with Crippen LogP contribution in [0.15, 0.2) is 30.7 Å². The number of anilines is 2. The molecule has 0 atom stereocenters. The number of carbonyl (C=O) groups excluding carboxylic acids is 1. The van der Waals surface area contributed by atoms with Gasteiger partial charge in [0.1, 0.15) is 18.0 Å². The largest absolute Gasteiger partial charge is 0.368 e. The van der Waals surface area contributed by atoms with Crippen LogP contribution >= 0.6 is 0 Å². The predicted molar refractivity (Wildman–Crippen MR) is 99.4 cm³/mol. The Balaban J connectivity index is 1.50. The number of fused-ring (bicyclic) bond motifs is 1. The maximum atomic E-state index is 11.8. The summed E-state index contributed by atoms with van der Waals surface area (Å²) in [6.45, 7) is 5.92. The number of nitrogens with one attached hydrogen (secondary N) is 3. The van der Waals surface area contributed by atoms with E-state index in [1.165, 1.54) is 6.33 Å². The summed E-state index contributed by atoms with van der Waals surface area (Å²) >= 11 is 0. The first-order chi connectivity index (χ1) is 12.7. The average Bonchev–Trinajstić information content (AvgIpc) is 3.12. The molecule has 0 aliphatic heterocycles. The zero-order valence-electron chi connectivity index (χ0n) is 14.9. The lowest BCUT2D eigenvalue weighted by Crippen LogP contribution is -2.24. The van der Waals surface area contributed by atoms with E-state index in [0.717, 1.165) is 23.8 Å². The van der Waals surface area contributed by atoms with Crippen LogP contribution < -0.4 is 16.0 Å². The quantitative estimate of drug-likeness (QED) is 0.526. The molecule has 9 heteroatoms. The molecule has 0 radical (unpaired) electrons. The van der Waals surface area contributed by atoms with Crippen molar-refractivity contribution in [2.75, 3.05) is 30.3 Å². The molecular formula is C17H22N8O. The number of nitrogens with zero attached hydrogens (tertiary/aromatic N) is 5. The third kappa shape index (κ3) is 4.24. The van der Waals surface area contributed by atoms with Crippen molar-refractivity contribution in [3.05, 3.63) is 42.0 Å². The van der Waals surface area contributed by atoms with Crippen molar-refractivity contribution in [2.45, 2.75) is 20.3 Å². The van der Waals surface area contributed by atoms with E-state index in [9.17, 15) is 4.79 Å². The molecule has 136 valence electrons. The third-order valence-electron chi connectivity index (χ3n) is 3.68. The summed E-state index contributed by atoms with van der Waals surface area (Å²) in [6, 6.07) is 5.48. The van der Waals surface area contributed by atoms with Crippen molar-refractivity contribution in [3.63, 3.8) is 0 Å². The van der Waals surface area contributed by atoms with Gasteiger partial charge >= 0.3 is 0 Å². The van der Waals surface area contributed by atoms with Gasteiger partial charge in [-0.3, -0.25) is 4.79 Å². The highest BCUT2D eigenvalue weighted by atomic mass is 16.1. The van der Waals surface area contributed by atoms with Crippen LogP contribution in [0.4, 0.5) is 11.6 Å². The topological polar surface area (TPSA) is 109 Å². The first-order valence-electron chi connectivity index (χ1n) is 8.56. The summed E-state index contributed by atoms with van der Waals surface area (Å²) in [5.74, 6) is 2.02. The Morgan fingerprint density at radius 3 is 2.77 bits per heavy atom. The van der Waals surface area contributed by atoms with Crippen LogP contribution in [0.3, 0.4) is 0 Å². The van der Waals surface area contributed by atoms with E-state index in [1.807, 2.05) is 19.9 Å². The first-order valence-corrected chi connectivity index (χ1v) is 8.56. The van der Waals surface area contributed by atoms with Gasteiger partial charge in [-0.25, -0.2) is 9.97 Å². The molecule has 0 aliphatic rings. The minimum atomic E-state index is -0.0996. The number of hydrogen-bond acceptors (Lipinski definition) is 7. The maximum absolute atomic E-state index is 11.8. The number of pyridine rings is 1. The monoisotopic (exact) mass is 354 g/mol. The molecule has 1 amide bonds. The van der Waals surface area contributed by atoms with Gasteiger partial charge in [0.15, 0.2) is 0 Å². The van der Waals surface area contributed by atoms with E-state index in [4.69, 9.17) is 0 Å². The van der Waals surface area contributed by atoms with Gasteiger partial charge in [0.05, 0.1) is 5.56 Å². The lowest BCUT2D eigenvalue weighted by atomic mass is 10.2. The molecule has 3 heterocycles. The van der Waals surface area contributed by atoms with Gasteiger partial charge in [-0.15, -0.1) is 0 Å². The second kappa shape index (κ2) is 8.24. The molecule has 0 unspecified atom stereocenters. The Morgan fingerprint density at radius 2 is 2.00 bits per heavy atom. The highest BCUT2D eigenvalue weighted by Crippen LogP contribution is 2.10. The Labute approximate surface area is 151 Å². The highest BCUT2D eigenvalue weighted by Gasteiger charge is 2.06. The number of aryl methyl sites for hydroxylation is 1. The predicted octanol–water partition coefficient (Wildman–Crippen LogP) is 1.49. The van der Waals surface area contributed by atoms with E-state index >= 15 is 0 Å². The lowest BCUT2D eigenvalue weighted by molar-refractivity contribution is 0.0953. The van der Waals surface area contributed by atoms with Gasteiger partial charge in [-0.1, -0.05) is 6.92 Å². The van der Waals surface area contributed by atoms with Gasteiger partial charge in [0, 0.05) is 37.6 Å². The molecule has 0 fully saturated rings. The summed E-state index contributed by atoms with van der Waals surface area (Å²) in [6.07, 6.45) is 3.96. The van der Waals surface area contributed by atoms with Crippen LogP contribution in [0.1, 0.15) is 29.4 Å². The molecule has 0 saturated carbocycles. The van der Waals surface area contributed by atoms with Gasteiger partial charge < -0.3 is 16.0 Å². The van der Waals surface area contributed by atoms with Crippen molar-refractivity contribution in [2.24, 2.45) is 0 Å². The highest BCUT2D eigenvalue weighted by molar-refractivity contribution is 5.94. The van der Waals surface area contributed by atoms with Gasteiger partial charge in [0.25, 0.3) is 11.7 Å². The lowest BCUT2D eigenvalue weighted by Gasteiger charge is -2.10. The summed E-state index contributed by atoms with van der Waals surface area (Å²) in [4.78, 5) is 24.5. The van der Waals surface area contributed by atoms with Crippen molar-refractivity contribution in [3.8, 4) is 0 Å². The second-order valence-electron chi connectivity index (χ2n) is 5.80. The van der Waals surface area contributed by atoms with E-state index in [-0.39, 0.29) is 5.91 Å². The number of amides is 1. The fourth-order valence-corrected chi connectivity index (χ4v) is 2.41. The normalized spacial score (nSPS) is 10.7. The summed E-state index contributed by atoms with van der Waals surface area (Å²) in [5.41, 5.74) is 1.43. The van der Waals surface area contributed by atoms with Crippen molar-refractivity contribution < 1.29 is 4.79 Å². The average molecular weight is 354 g/mol. The fraction of sp³-hybridized carbons (Fsp3) is 0.353. The van der Waals surface area contributed by atoms with E-state index < -0.39 is 0 Å². The van der Waals surface area contributed by atoms with Crippen LogP contribution in [-0.2, 0) is 0 Å². The second-order valence-corrected chi connectivity index (χ2v) is 5.80. The molecule has 0 spiro atoms. The standard InChI is InChI=1S/C17H22N8O/c1-3-6-20-16(26)13-4-5-14(21-10-13)18-7-8-19-15-9-12(2)24-17-22-11-23-25(15)17/h4-5,9-11,19H,3,6-8H2,1-2H3,(H,18,21)(H,20,26). The van der Waals surface area contributed by atoms with Crippen LogP contribution in [0.2, 0.25) is 0 Å². The van der Waals surface area contributed by atoms with Crippen molar-refractivity contribution in [1.82, 2.24) is 29.9 Å². The van der Waals surface area contributed by atoms with Crippen LogP contribution in [0.5, 0.6) is 0 Å². The smallest absolute Gasteiger partial charge is 0.254 e. The molecule has 3 rings (SSSR count). The van der Waals surface area contributed by atoms with Crippen LogP contribution in [-0.4, -0.2) is 50.1 Å². The molecule has 26 heavy (non-hydrogen) atoms. The summed E-state index contributed by atoms with van der Waals surface area (Å²) < 4.78 is 1.66. The van der Waals surface area contributed by atoms with Gasteiger partial charge in [-0.05, 0) is 25.5 Å². The molecular weight excluding hydrogens is 332 g/mol. The van der Waals surface area contributed by atoms with Crippen molar-refractivity contribution in [1.29, 1.82) is 0 Å². The number of carbonyl (C=O) groups is 1. The molecule has 0 bridgehead atoms. The molecule has 0 saturated heterocycles. The molecule has 3 N–H and O–H groups in total. The van der Waals surface area contributed by atoms with Crippen LogP contribution in [0, 0.1) is 6.92 Å². The Bertz CT molecular complexity index is 874. The first kappa shape index (κ1) is 17.6. The Morgan fingerprint density at radius 1 is 1.15 bits per heavy atom. The molecule has 0 aliphatic carbocycles. The SMILES string of the molecule is CCCNC(=O)c1ccc(NCCNc2cc(C)nc3ncnn23)nc1.